The van der Waals surface area contributed by atoms with Crippen molar-refractivity contribution in [3.8, 4) is 0 Å². The fourth-order valence-corrected chi connectivity index (χ4v) is 3.56. The molecule has 2 aliphatic carbocycles. The van der Waals surface area contributed by atoms with Gasteiger partial charge in [-0.05, 0) is 25.2 Å². The molecule has 0 aromatic heterocycles. The minimum atomic E-state index is 0.170. The molecule has 2 heteroatoms. The molecule has 3 atom stereocenters. The first-order valence-electron chi connectivity index (χ1n) is 4.85. The van der Waals surface area contributed by atoms with Crippen LogP contribution in [-0.2, 0) is 0 Å². The number of fused-ring (bicyclic) bond motifs is 2. The minimum Gasteiger partial charge on any atom is -0.0518 e. The summed E-state index contributed by atoms with van der Waals surface area (Å²) in [6, 6.07) is 0.170. The monoisotopic (exact) mass is 165 g/mol. The van der Waals surface area contributed by atoms with Crippen molar-refractivity contribution in [1.82, 2.24) is 0 Å². The second kappa shape index (κ2) is 2.02. The molecule has 0 amide bonds. The highest BCUT2D eigenvalue weighted by Gasteiger charge is 2.67. The first kappa shape index (κ1) is 8.04. The predicted molar refractivity (Wildman–Crippen MR) is 48.1 cm³/mol. The minimum absolute atomic E-state index is 0.170. The topological polar surface area (TPSA) is 28.1 Å². The molecule has 2 rings (SSSR count). The molecule has 12 heavy (non-hydrogen) atoms. The average molecular weight is 165 g/mol. The standard InChI is InChI=1S/C10H17N2/c1-9(2)7-4-5-10(3,6-7)8(9)12-11/h7-8H,4-6H2,1-3H3/q+1/t7-,8-,10-/m1/s1. The summed E-state index contributed by atoms with van der Waals surface area (Å²) in [6.07, 6.45) is 3.83. The molecule has 0 N–H and O–H groups in total. The van der Waals surface area contributed by atoms with Gasteiger partial charge in [0.25, 0.3) is 0 Å². The van der Waals surface area contributed by atoms with Crippen LogP contribution in [0.2, 0.25) is 0 Å². The summed E-state index contributed by atoms with van der Waals surface area (Å²) in [6.45, 7) is 6.76. The van der Waals surface area contributed by atoms with Gasteiger partial charge in [0, 0.05) is 0 Å². The third kappa shape index (κ3) is 0.722. The van der Waals surface area contributed by atoms with E-state index in [0.29, 0.717) is 5.41 Å². The summed E-state index contributed by atoms with van der Waals surface area (Å²) in [4.78, 5) is 3.59. The molecular weight excluding hydrogens is 148 g/mol. The lowest BCUT2D eigenvalue weighted by molar-refractivity contribution is 0.165. The van der Waals surface area contributed by atoms with Crippen LogP contribution >= 0.6 is 0 Å². The van der Waals surface area contributed by atoms with Crippen LogP contribution in [0.15, 0.2) is 0 Å². The van der Waals surface area contributed by atoms with Gasteiger partial charge >= 0.3 is 6.04 Å². The SMILES string of the molecule is CC1(C)[C@@H]2CC[C@](C)(C2)[C@@H]1[N+]#N. The number of rotatable bonds is 0. The van der Waals surface area contributed by atoms with Crippen LogP contribution in [-0.4, -0.2) is 6.04 Å². The average Bonchev–Trinajstić information content (AvgIpc) is 2.39. The number of hydrogen-bond donors (Lipinski definition) is 0. The third-order valence-corrected chi connectivity index (χ3v) is 4.31. The van der Waals surface area contributed by atoms with Gasteiger partial charge in [-0.3, -0.25) is 0 Å². The van der Waals surface area contributed by atoms with Crippen LogP contribution in [0.5, 0.6) is 0 Å². The Morgan fingerprint density at radius 2 is 2.00 bits per heavy atom. The molecule has 0 aromatic carbocycles. The zero-order chi connectivity index (χ0) is 8.98. The molecule has 2 aliphatic rings. The summed E-state index contributed by atoms with van der Waals surface area (Å²) in [7, 11) is 0. The van der Waals surface area contributed by atoms with Gasteiger partial charge < -0.3 is 0 Å². The highest BCUT2D eigenvalue weighted by Crippen LogP contribution is 2.63. The van der Waals surface area contributed by atoms with Crippen molar-refractivity contribution < 1.29 is 0 Å². The lowest BCUT2D eigenvalue weighted by atomic mass is 9.69. The van der Waals surface area contributed by atoms with Crippen LogP contribution in [0.1, 0.15) is 40.0 Å². The number of nitrogens with zero attached hydrogens (tertiary/aromatic N) is 2. The fourth-order valence-electron chi connectivity index (χ4n) is 3.56. The van der Waals surface area contributed by atoms with Crippen molar-refractivity contribution in [3.05, 3.63) is 4.98 Å². The lowest BCUT2D eigenvalue weighted by Gasteiger charge is -2.30. The molecule has 0 aliphatic heterocycles. The second-order valence-electron chi connectivity index (χ2n) is 5.43. The van der Waals surface area contributed by atoms with E-state index in [1.54, 1.807) is 0 Å². The first-order chi connectivity index (χ1) is 5.50. The first-order valence-corrected chi connectivity index (χ1v) is 4.85. The van der Waals surface area contributed by atoms with Crippen molar-refractivity contribution in [3.63, 3.8) is 0 Å². The van der Waals surface area contributed by atoms with E-state index in [0.717, 1.165) is 5.92 Å². The molecule has 2 saturated carbocycles. The largest absolute Gasteiger partial charge is 0.324 e. The van der Waals surface area contributed by atoms with Crippen LogP contribution in [0.25, 0.3) is 4.98 Å². The molecule has 0 heterocycles. The fraction of sp³-hybridized carbons (Fsp3) is 1.00. The highest BCUT2D eigenvalue weighted by atomic mass is 15.0. The van der Waals surface area contributed by atoms with Crippen molar-refractivity contribution in [1.29, 1.82) is 5.39 Å². The van der Waals surface area contributed by atoms with Crippen LogP contribution in [0.4, 0.5) is 0 Å². The summed E-state index contributed by atoms with van der Waals surface area (Å²) < 4.78 is 0. The molecule has 0 radical (unpaired) electrons. The van der Waals surface area contributed by atoms with Crippen molar-refractivity contribution in [2.24, 2.45) is 16.7 Å². The van der Waals surface area contributed by atoms with E-state index in [-0.39, 0.29) is 11.5 Å². The molecule has 2 nitrogen and oxygen atoms in total. The molecule has 0 aromatic rings. The quantitative estimate of drug-likeness (QED) is 0.507. The zero-order valence-electron chi connectivity index (χ0n) is 8.17. The van der Waals surface area contributed by atoms with Gasteiger partial charge in [-0.2, -0.15) is 0 Å². The van der Waals surface area contributed by atoms with Gasteiger partial charge in [0.05, 0.1) is 10.8 Å². The van der Waals surface area contributed by atoms with Gasteiger partial charge in [-0.1, -0.05) is 20.8 Å². The van der Waals surface area contributed by atoms with Gasteiger partial charge in [0.2, 0.25) is 5.39 Å². The Kier molecular flexibility index (Phi) is 1.35. The van der Waals surface area contributed by atoms with Gasteiger partial charge in [-0.25, -0.2) is 0 Å². The van der Waals surface area contributed by atoms with E-state index in [4.69, 9.17) is 5.39 Å². The maximum absolute atomic E-state index is 9.01. The van der Waals surface area contributed by atoms with E-state index in [2.05, 4.69) is 25.7 Å². The van der Waals surface area contributed by atoms with E-state index in [1.165, 1.54) is 19.3 Å². The highest BCUT2D eigenvalue weighted by molar-refractivity contribution is 5.15. The van der Waals surface area contributed by atoms with Crippen LogP contribution in [0, 0.1) is 22.1 Å². The summed E-state index contributed by atoms with van der Waals surface area (Å²) in [5.74, 6) is 0.781. The van der Waals surface area contributed by atoms with Crippen molar-refractivity contribution >= 4 is 0 Å². The normalized spacial score (nSPS) is 49.2. The second-order valence-corrected chi connectivity index (χ2v) is 5.43. The Labute approximate surface area is 74.0 Å². The summed E-state index contributed by atoms with van der Waals surface area (Å²) in [5, 5.41) is 9.01. The molecule has 66 valence electrons. The molecule has 0 spiro atoms. The molecular formula is C10H17N2+. The zero-order valence-corrected chi connectivity index (χ0v) is 8.17. The number of diazo groups is 1. The molecule has 0 saturated heterocycles. The van der Waals surface area contributed by atoms with Crippen LogP contribution in [0.3, 0.4) is 0 Å². The van der Waals surface area contributed by atoms with Crippen LogP contribution < -0.4 is 0 Å². The van der Waals surface area contributed by atoms with Gasteiger partial charge in [0.15, 0.2) is 0 Å². The molecule has 2 fully saturated rings. The Balaban J connectivity index is 2.39. The van der Waals surface area contributed by atoms with Crippen molar-refractivity contribution in [2.45, 2.75) is 46.1 Å². The summed E-state index contributed by atoms with van der Waals surface area (Å²) >= 11 is 0. The third-order valence-electron chi connectivity index (χ3n) is 4.31. The van der Waals surface area contributed by atoms with Crippen molar-refractivity contribution in [2.75, 3.05) is 0 Å². The van der Waals surface area contributed by atoms with Gasteiger partial charge in [-0.15, -0.1) is 0 Å². The van der Waals surface area contributed by atoms with Gasteiger partial charge in [0.1, 0.15) is 4.98 Å². The van der Waals surface area contributed by atoms with E-state index in [9.17, 15) is 0 Å². The number of hydrogen-bond acceptors (Lipinski definition) is 1. The smallest absolute Gasteiger partial charge is 0.0518 e. The molecule has 2 bridgehead atoms. The Hall–Kier alpha value is -0.580. The maximum atomic E-state index is 9.01. The Morgan fingerprint density at radius 3 is 2.33 bits per heavy atom. The summed E-state index contributed by atoms with van der Waals surface area (Å²) in [5.41, 5.74) is 0.519. The predicted octanol–water partition coefficient (Wildman–Crippen LogP) is 3.05. The van der Waals surface area contributed by atoms with E-state index in [1.807, 2.05) is 0 Å². The Morgan fingerprint density at radius 1 is 1.33 bits per heavy atom. The van der Waals surface area contributed by atoms with E-state index < -0.39 is 0 Å². The lowest BCUT2D eigenvalue weighted by Crippen LogP contribution is -2.37. The molecule has 0 unspecified atom stereocenters. The maximum Gasteiger partial charge on any atom is 0.324 e. The van der Waals surface area contributed by atoms with E-state index >= 15 is 0 Å². The Bertz CT molecular complexity index is 246.